The van der Waals surface area contributed by atoms with Crippen molar-refractivity contribution in [2.24, 2.45) is 21.8 Å². The van der Waals surface area contributed by atoms with E-state index in [1.54, 1.807) is 0 Å². The summed E-state index contributed by atoms with van der Waals surface area (Å²) in [5.41, 5.74) is 4.82. The van der Waals surface area contributed by atoms with Gasteiger partial charge < -0.3 is 0 Å². The van der Waals surface area contributed by atoms with Crippen LogP contribution in [0.2, 0.25) is 0 Å². The van der Waals surface area contributed by atoms with Crippen molar-refractivity contribution in [3.05, 3.63) is 48.4 Å². The van der Waals surface area contributed by atoms with Crippen LogP contribution in [0.3, 0.4) is 0 Å². The Morgan fingerprint density at radius 3 is 2.54 bits per heavy atom. The van der Waals surface area contributed by atoms with Crippen molar-refractivity contribution in [3.63, 3.8) is 0 Å². The molecule has 130 valence electrons. The number of rotatable bonds is 4. The predicted molar refractivity (Wildman–Crippen MR) is 107 cm³/mol. The fourth-order valence-corrected chi connectivity index (χ4v) is 3.66. The molecule has 2 heteroatoms. The molecule has 1 fully saturated rings. The highest BCUT2D eigenvalue weighted by Gasteiger charge is 2.30. The first-order chi connectivity index (χ1) is 11.7. The van der Waals surface area contributed by atoms with Gasteiger partial charge in [0.1, 0.15) is 0 Å². The van der Waals surface area contributed by atoms with E-state index in [4.69, 9.17) is 0 Å². The third-order valence-electron chi connectivity index (χ3n) is 4.85. The monoisotopic (exact) mass is 324 g/mol. The molecule has 2 nitrogen and oxygen atoms in total. The van der Waals surface area contributed by atoms with Crippen molar-refractivity contribution >= 4 is 11.4 Å². The van der Waals surface area contributed by atoms with Crippen molar-refractivity contribution in [1.29, 1.82) is 0 Å². The van der Waals surface area contributed by atoms with Gasteiger partial charge in [0.15, 0.2) is 0 Å². The van der Waals surface area contributed by atoms with E-state index in [-0.39, 0.29) is 5.92 Å². The summed E-state index contributed by atoms with van der Waals surface area (Å²) in [7, 11) is 0. The third kappa shape index (κ3) is 4.43. The van der Waals surface area contributed by atoms with Gasteiger partial charge in [0.2, 0.25) is 0 Å². The van der Waals surface area contributed by atoms with E-state index in [1.165, 1.54) is 61.1 Å². The van der Waals surface area contributed by atoms with E-state index in [2.05, 4.69) is 49.5 Å². The van der Waals surface area contributed by atoms with Gasteiger partial charge >= 0.3 is 0 Å². The minimum atomic E-state index is 0.283. The molecule has 3 rings (SSSR count). The molecule has 1 saturated carbocycles. The standard InChI is InChI=1S/C19H24N2.C3H8/c1-3-15(4-2)17-13-21-19-16(17)10-11-20-18(19)12-14-8-6-5-7-9-14;1-3-2/h3-4,10-11,13-14,16H,1,5-9,12H2,2H3;3H2,1-2H3/b15-4+;. The van der Waals surface area contributed by atoms with Crippen LogP contribution in [0.4, 0.5) is 0 Å². The van der Waals surface area contributed by atoms with Crippen LogP contribution in [0.25, 0.3) is 0 Å². The molecule has 0 aromatic carbocycles. The lowest BCUT2D eigenvalue weighted by atomic mass is 9.81. The maximum absolute atomic E-state index is 4.69. The van der Waals surface area contributed by atoms with E-state index in [9.17, 15) is 0 Å². The summed E-state index contributed by atoms with van der Waals surface area (Å²) in [6, 6.07) is 0. The number of nitrogens with zero attached hydrogens (tertiary/aromatic N) is 2. The maximum atomic E-state index is 4.69. The Labute approximate surface area is 147 Å². The number of aliphatic imine (C=N–C) groups is 2. The Bertz CT molecular complexity index is 581. The van der Waals surface area contributed by atoms with Crippen molar-refractivity contribution in [2.45, 2.75) is 65.7 Å². The van der Waals surface area contributed by atoms with Gasteiger partial charge in [0.25, 0.3) is 0 Å². The first kappa shape index (κ1) is 18.6. The molecular weight excluding hydrogens is 292 g/mol. The number of hydrogen-bond donors (Lipinski definition) is 0. The van der Waals surface area contributed by atoms with Crippen molar-refractivity contribution in [2.75, 3.05) is 0 Å². The Morgan fingerprint density at radius 1 is 1.21 bits per heavy atom. The highest BCUT2D eigenvalue weighted by atomic mass is 14.8. The summed E-state index contributed by atoms with van der Waals surface area (Å²) >= 11 is 0. The predicted octanol–water partition coefficient (Wildman–Crippen LogP) is 6.43. The van der Waals surface area contributed by atoms with Gasteiger partial charge in [-0.15, -0.1) is 0 Å². The lowest BCUT2D eigenvalue weighted by molar-refractivity contribution is 0.369. The fourth-order valence-electron chi connectivity index (χ4n) is 3.66. The molecule has 2 aliphatic heterocycles. The minimum absolute atomic E-state index is 0.283. The molecule has 0 aromatic heterocycles. The molecule has 0 radical (unpaired) electrons. The summed E-state index contributed by atoms with van der Waals surface area (Å²) in [5.74, 6) is 1.09. The summed E-state index contributed by atoms with van der Waals surface area (Å²) < 4.78 is 0. The van der Waals surface area contributed by atoms with Crippen LogP contribution in [0.1, 0.15) is 65.7 Å². The molecule has 1 atom stereocenters. The smallest absolute Gasteiger partial charge is 0.0732 e. The van der Waals surface area contributed by atoms with Crippen LogP contribution in [0.5, 0.6) is 0 Å². The number of allylic oxidation sites excluding steroid dienone is 5. The zero-order valence-electron chi connectivity index (χ0n) is 15.6. The molecule has 0 N–H and O–H groups in total. The normalized spacial score (nSPS) is 23.5. The minimum Gasteiger partial charge on any atom is -0.260 e. The van der Waals surface area contributed by atoms with Crippen molar-refractivity contribution < 1.29 is 0 Å². The lowest BCUT2D eigenvalue weighted by Gasteiger charge is -2.25. The first-order valence-corrected chi connectivity index (χ1v) is 9.55. The average molecular weight is 325 g/mol. The van der Waals surface area contributed by atoms with Crippen LogP contribution in [-0.2, 0) is 0 Å². The van der Waals surface area contributed by atoms with Crippen molar-refractivity contribution in [1.82, 2.24) is 0 Å². The van der Waals surface area contributed by atoms with Crippen LogP contribution in [0, 0.1) is 11.8 Å². The lowest BCUT2D eigenvalue weighted by Crippen LogP contribution is -2.27. The summed E-state index contributed by atoms with van der Waals surface area (Å²) in [6.45, 7) is 10.2. The summed E-state index contributed by atoms with van der Waals surface area (Å²) in [4.78, 5) is 9.33. The first-order valence-electron chi connectivity index (χ1n) is 9.55. The van der Waals surface area contributed by atoms with Crippen LogP contribution < -0.4 is 0 Å². The molecule has 3 aliphatic rings. The zero-order valence-corrected chi connectivity index (χ0v) is 15.6. The second-order valence-corrected chi connectivity index (χ2v) is 6.86. The molecule has 0 aromatic rings. The topological polar surface area (TPSA) is 24.7 Å². The van der Waals surface area contributed by atoms with Gasteiger partial charge in [0, 0.05) is 18.3 Å². The Balaban J connectivity index is 0.000000647. The van der Waals surface area contributed by atoms with E-state index >= 15 is 0 Å². The van der Waals surface area contributed by atoms with Crippen LogP contribution in [0.15, 0.2) is 58.3 Å². The fraction of sp³-hybridized carbons (Fsp3) is 0.545. The molecule has 0 saturated heterocycles. The number of fused-ring (bicyclic) bond motifs is 1. The Kier molecular flexibility index (Phi) is 7.42. The molecule has 1 aliphatic carbocycles. The highest BCUT2D eigenvalue weighted by molar-refractivity contribution is 6.45. The molecule has 0 bridgehead atoms. The quantitative estimate of drug-likeness (QED) is 0.532. The molecule has 1 unspecified atom stereocenters. The average Bonchev–Trinajstić information content (AvgIpc) is 3.03. The molecule has 0 spiro atoms. The van der Waals surface area contributed by atoms with E-state index in [0.29, 0.717) is 0 Å². The molecule has 2 heterocycles. The molecule has 0 amide bonds. The van der Waals surface area contributed by atoms with Gasteiger partial charge in [-0.1, -0.05) is 77.2 Å². The van der Waals surface area contributed by atoms with Crippen LogP contribution >= 0.6 is 0 Å². The molecular formula is C22H32N2. The largest absolute Gasteiger partial charge is 0.260 e. The van der Waals surface area contributed by atoms with Crippen LogP contribution in [-0.4, -0.2) is 11.4 Å². The van der Waals surface area contributed by atoms with Crippen molar-refractivity contribution in [3.8, 4) is 0 Å². The summed E-state index contributed by atoms with van der Waals surface area (Å²) in [5, 5.41) is 0. The van der Waals surface area contributed by atoms with Gasteiger partial charge in [-0.05, 0) is 30.4 Å². The second-order valence-electron chi connectivity index (χ2n) is 6.86. The highest BCUT2D eigenvalue weighted by Crippen LogP contribution is 2.34. The maximum Gasteiger partial charge on any atom is 0.0732 e. The Hall–Kier alpha value is -1.70. The number of hydrogen-bond acceptors (Lipinski definition) is 2. The third-order valence-corrected chi connectivity index (χ3v) is 4.85. The van der Waals surface area contributed by atoms with Gasteiger partial charge in [-0.3, -0.25) is 9.98 Å². The zero-order chi connectivity index (χ0) is 17.4. The SMILES string of the molecule is C=C/C(=C\C)C1=CN=C2C(CC3CCCCC3)=NC=CC12.CCC. The van der Waals surface area contributed by atoms with Gasteiger partial charge in [-0.2, -0.15) is 0 Å². The second kappa shape index (κ2) is 9.56. The van der Waals surface area contributed by atoms with E-state index in [1.807, 2.05) is 18.5 Å². The summed E-state index contributed by atoms with van der Waals surface area (Å²) in [6.07, 6.45) is 19.4. The van der Waals surface area contributed by atoms with E-state index < -0.39 is 0 Å². The van der Waals surface area contributed by atoms with E-state index in [0.717, 1.165) is 12.3 Å². The van der Waals surface area contributed by atoms with Gasteiger partial charge in [0.05, 0.1) is 11.4 Å². The van der Waals surface area contributed by atoms with Gasteiger partial charge in [-0.25, -0.2) is 0 Å². The molecule has 24 heavy (non-hydrogen) atoms. The Morgan fingerprint density at radius 2 is 1.92 bits per heavy atom.